The first-order valence-corrected chi connectivity index (χ1v) is 6.96. The molecule has 2 N–H and O–H groups in total. The van der Waals surface area contributed by atoms with Crippen LogP contribution in [0.1, 0.15) is 32.0 Å². The Balaban J connectivity index is 2.44. The van der Waals surface area contributed by atoms with Gasteiger partial charge in [-0.15, -0.1) is 0 Å². The predicted octanol–water partition coefficient (Wildman–Crippen LogP) is 3.23. The van der Waals surface area contributed by atoms with Crippen molar-refractivity contribution in [2.24, 2.45) is 0 Å². The van der Waals surface area contributed by atoms with E-state index in [1.54, 1.807) is 6.07 Å². The molecular weight excluding hydrogens is 262 g/mol. The molecule has 1 heterocycles. The van der Waals surface area contributed by atoms with E-state index in [2.05, 4.69) is 16.0 Å². The fourth-order valence-electron chi connectivity index (χ4n) is 2.01. The summed E-state index contributed by atoms with van der Waals surface area (Å²) in [6.45, 7) is 4.62. The molecule has 0 aliphatic heterocycles. The van der Waals surface area contributed by atoms with Crippen LogP contribution in [0.15, 0.2) is 36.4 Å². The summed E-state index contributed by atoms with van der Waals surface area (Å²) < 4.78 is 0. The zero-order chi connectivity index (χ0) is 15.2. The van der Waals surface area contributed by atoms with E-state index in [1.807, 2.05) is 49.1 Å². The Morgan fingerprint density at radius 1 is 1.24 bits per heavy atom. The van der Waals surface area contributed by atoms with E-state index in [1.165, 1.54) is 0 Å². The molecule has 1 aromatic carbocycles. The monoisotopic (exact) mass is 281 g/mol. The highest BCUT2D eigenvalue weighted by Crippen LogP contribution is 2.26. The van der Waals surface area contributed by atoms with Gasteiger partial charge in [-0.3, -0.25) is 0 Å². The zero-order valence-corrected chi connectivity index (χ0v) is 12.3. The predicted molar refractivity (Wildman–Crippen MR) is 84.2 cm³/mol. The number of rotatable bonds is 5. The van der Waals surface area contributed by atoms with Gasteiger partial charge in [-0.25, -0.2) is 9.97 Å². The largest absolute Gasteiger partial charge is 0.384 e. The third-order valence-corrected chi connectivity index (χ3v) is 3.06. The van der Waals surface area contributed by atoms with Gasteiger partial charge in [-0.2, -0.15) is 5.26 Å². The Bertz CT molecular complexity index is 631. The normalized spacial score (nSPS) is 10.4. The van der Waals surface area contributed by atoms with Crippen LogP contribution in [-0.2, 0) is 0 Å². The molecule has 0 saturated heterocycles. The number of anilines is 3. The van der Waals surface area contributed by atoms with Crippen LogP contribution in [0.5, 0.6) is 0 Å². The minimum absolute atomic E-state index is 0.195. The summed E-state index contributed by atoms with van der Waals surface area (Å²) >= 11 is 0. The van der Waals surface area contributed by atoms with Crippen molar-refractivity contribution in [3.8, 4) is 6.07 Å². The van der Waals surface area contributed by atoms with Crippen LogP contribution in [0.2, 0.25) is 0 Å². The van der Waals surface area contributed by atoms with E-state index in [4.69, 9.17) is 11.0 Å². The number of nitrogens with zero attached hydrogens (tertiary/aromatic N) is 4. The fraction of sp³-hybridized carbons (Fsp3) is 0.312. The SMILES string of the molecule is CC(C)c1nc(N)cc(N(CCC#N)c2ccccc2)n1. The van der Waals surface area contributed by atoms with Crippen LogP contribution in [0.3, 0.4) is 0 Å². The minimum atomic E-state index is 0.195. The lowest BCUT2D eigenvalue weighted by atomic mass is 10.2. The lowest BCUT2D eigenvalue weighted by Gasteiger charge is -2.23. The average Bonchev–Trinajstić information content (AvgIpc) is 2.48. The van der Waals surface area contributed by atoms with Crippen molar-refractivity contribution in [3.63, 3.8) is 0 Å². The van der Waals surface area contributed by atoms with Crippen LogP contribution in [-0.4, -0.2) is 16.5 Å². The second-order valence-corrected chi connectivity index (χ2v) is 5.06. The van der Waals surface area contributed by atoms with E-state index in [9.17, 15) is 0 Å². The highest BCUT2D eigenvalue weighted by atomic mass is 15.2. The molecule has 2 rings (SSSR count). The summed E-state index contributed by atoms with van der Waals surface area (Å²) in [4.78, 5) is 10.8. The number of para-hydroxylation sites is 1. The maximum Gasteiger partial charge on any atom is 0.138 e. The van der Waals surface area contributed by atoms with Crippen molar-refractivity contribution in [2.75, 3.05) is 17.2 Å². The first kappa shape index (κ1) is 14.8. The van der Waals surface area contributed by atoms with Crippen LogP contribution in [0.25, 0.3) is 0 Å². The highest BCUT2D eigenvalue weighted by Gasteiger charge is 2.14. The average molecular weight is 281 g/mol. The third-order valence-electron chi connectivity index (χ3n) is 3.06. The number of hydrogen-bond acceptors (Lipinski definition) is 5. The summed E-state index contributed by atoms with van der Waals surface area (Å²) in [6, 6.07) is 13.8. The maximum atomic E-state index is 8.87. The van der Waals surface area contributed by atoms with Gasteiger partial charge in [0.15, 0.2) is 0 Å². The highest BCUT2D eigenvalue weighted by molar-refractivity contribution is 5.62. The van der Waals surface area contributed by atoms with E-state index in [0.717, 1.165) is 11.5 Å². The van der Waals surface area contributed by atoms with Gasteiger partial charge in [-0.1, -0.05) is 32.0 Å². The molecular formula is C16H19N5. The topological polar surface area (TPSA) is 78.8 Å². The standard InChI is InChI=1S/C16H19N5/c1-12(2)16-19-14(18)11-15(20-16)21(10-6-9-17)13-7-4-3-5-8-13/h3-5,7-8,11-12H,6,10H2,1-2H3,(H2,18,19,20). The van der Waals surface area contributed by atoms with Crippen molar-refractivity contribution >= 4 is 17.3 Å². The molecule has 0 aliphatic carbocycles. The van der Waals surface area contributed by atoms with Crippen molar-refractivity contribution in [2.45, 2.75) is 26.2 Å². The molecule has 0 unspecified atom stereocenters. The molecule has 0 fully saturated rings. The quantitative estimate of drug-likeness (QED) is 0.910. The van der Waals surface area contributed by atoms with Crippen molar-refractivity contribution in [1.29, 1.82) is 5.26 Å². The smallest absolute Gasteiger partial charge is 0.138 e. The molecule has 0 atom stereocenters. The summed E-state index contributed by atoms with van der Waals surface area (Å²) in [5.74, 6) is 2.08. The molecule has 1 aromatic heterocycles. The number of hydrogen-bond donors (Lipinski definition) is 1. The summed E-state index contributed by atoms with van der Waals surface area (Å²) in [5.41, 5.74) is 6.89. The van der Waals surface area contributed by atoms with Crippen molar-refractivity contribution < 1.29 is 0 Å². The Morgan fingerprint density at radius 2 is 1.95 bits per heavy atom. The van der Waals surface area contributed by atoms with E-state index < -0.39 is 0 Å². The number of benzene rings is 1. The molecule has 5 heteroatoms. The first-order valence-electron chi connectivity index (χ1n) is 6.96. The van der Waals surface area contributed by atoms with Gasteiger partial charge in [0, 0.05) is 24.2 Å². The Labute approximate surface area is 125 Å². The van der Waals surface area contributed by atoms with Gasteiger partial charge >= 0.3 is 0 Å². The molecule has 0 spiro atoms. The van der Waals surface area contributed by atoms with Crippen LogP contribution in [0, 0.1) is 11.3 Å². The fourth-order valence-corrected chi connectivity index (χ4v) is 2.01. The summed E-state index contributed by atoms with van der Waals surface area (Å²) in [6.07, 6.45) is 0.413. The van der Waals surface area contributed by atoms with Gasteiger partial charge < -0.3 is 10.6 Å². The molecule has 0 radical (unpaired) electrons. The lowest BCUT2D eigenvalue weighted by Crippen LogP contribution is -2.20. The molecule has 5 nitrogen and oxygen atoms in total. The summed E-state index contributed by atoms with van der Waals surface area (Å²) in [5, 5.41) is 8.87. The minimum Gasteiger partial charge on any atom is -0.384 e. The zero-order valence-electron chi connectivity index (χ0n) is 12.3. The lowest BCUT2D eigenvalue weighted by molar-refractivity contribution is 0.769. The molecule has 2 aromatic rings. The van der Waals surface area contributed by atoms with Crippen molar-refractivity contribution in [3.05, 3.63) is 42.2 Å². The van der Waals surface area contributed by atoms with Crippen LogP contribution in [0.4, 0.5) is 17.3 Å². The second-order valence-electron chi connectivity index (χ2n) is 5.06. The molecule has 21 heavy (non-hydrogen) atoms. The first-order chi connectivity index (χ1) is 10.1. The van der Waals surface area contributed by atoms with Gasteiger partial charge in [-0.05, 0) is 12.1 Å². The Morgan fingerprint density at radius 3 is 2.57 bits per heavy atom. The number of nitrogen functional groups attached to an aromatic ring is 1. The number of aromatic nitrogens is 2. The number of nitrogens with two attached hydrogens (primary N) is 1. The second kappa shape index (κ2) is 6.71. The molecule has 0 aliphatic rings. The van der Waals surface area contributed by atoms with E-state index in [0.29, 0.717) is 24.6 Å². The van der Waals surface area contributed by atoms with Gasteiger partial charge in [0.25, 0.3) is 0 Å². The molecule has 0 bridgehead atoms. The van der Waals surface area contributed by atoms with E-state index >= 15 is 0 Å². The number of nitriles is 1. The van der Waals surface area contributed by atoms with E-state index in [-0.39, 0.29) is 5.92 Å². The third kappa shape index (κ3) is 3.69. The summed E-state index contributed by atoms with van der Waals surface area (Å²) in [7, 11) is 0. The van der Waals surface area contributed by atoms with Gasteiger partial charge in [0.05, 0.1) is 12.5 Å². The molecule has 0 saturated carbocycles. The van der Waals surface area contributed by atoms with Crippen molar-refractivity contribution in [1.82, 2.24) is 9.97 Å². The molecule has 108 valence electrons. The Kier molecular flexibility index (Phi) is 4.72. The maximum absolute atomic E-state index is 8.87. The van der Waals surface area contributed by atoms with Gasteiger partial charge in [0.1, 0.15) is 17.5 Å². The van der Waals surface area contributed by atoms with Crippen LogP contribution < -0.4 is 10.6 Å². The Hall–Kier alpha value is -2.61. The molecule has 0 amide bonds. The van der Waals surface area contributed by atoms with Crippen LogP contribution >= 0.6 is 0 Å². The van der Waals surface area contributed by atoms with Gasteiger partial charge in [0.2, 0.25) is 0 Å².